The maximum Gasteiger partial charge on any atom is 0.306 e. The van der Waals surface area contributed by atoms with Crippen LogP contribution in [0.4, 0.5) is 0 Å². The van der Waals surface area contributed by atoms with Crippen molar-refractivity contribution in [3.05, 3.63) is 0 Å². The van der Waals surface area contributed by atoms with Crippen LogP contribution in [-0.2, 0) is 19.1 Å². The van der Waals surface area contributed by atoms with Gasteiger partial charge in [-0.3, -0.25) is 9.59 Å². The topological polar surface area (TPSA) is 84.9 Å². The van der Waals surface area contributed by atoms with Crippen LogP contribution >= 0.6 is 0 Å². The van der Waals surface area contributed by atoms with E-state index in [1.54, 1.807) is 6.92 Å². The van der Waals surface area contributed by atoms with Crippen molar-refractivity contribution >= 4 is 11.9 Å². The van der Waals surface area contributed by atoms with E-state index in [9.17, 15) is 9.59 Å². The molecular formula is C9H17NO5. The quantitative estimate of drug-likeness (QED) is 0.610. The normalized spacial score (nSPS) is 14.3. The van der Waals surface area contributed by atoms with Crippen molar-refractivity contribution in [1.29, 1.82) is 0 Å². The Morgan fingerprint density at radius 1 is 1.33 bits per heavy atom. The van der Waals surface area contributed by atoms with E-state index in [1.165, 1.54) is 14.2 Å². The Morgan fingerprint density at radius 3 is 2.33 bits per heavy atom. The zero-order valence-corrected chi connectivity index (χ0v) is 9.15. The number of hydrogen-bond donors (Lipinski definition) is 2. The summed E-state index contributed by atoms with van der Waals surface area (Å²) in [6, 6.07) is 0. The first-order valence-electron chi connectivity index (χ1n) is 4.56. The number of ether oxygens (including phenoxy) is 2. The summed E-state index contributed by atoms with van der Waals surface area (Å²) in [5, 5.41) is 11.1. The third-order valence-electron chi connectivity index (χ3n) is 1.96. The number of rotatable bonds is 7. The molecular weight excluding hydrogens is 202 g/mol. The lowest BCUT2D eigenvalue weighted by Gasteiger charge is -2.15. The van der Waals surface area contributed by atoms with Gasteiger partial charge in [-0.05, 0) is 6.92 Å². The van der Waals surface area contributed by atoms with E-state index in [2.05, 4.69) is 5.32 Å². The van der Waals surface area contributed by atoms with Gasteiger partial charge in [0.1, 0.15) is 6.10 Å². The van der Waals surface area contributed by atoms with Crippen molar-refractivity contribution < 1.29 is 24.2 Å². The molecule has 2 atom stereocenters. The van der Waals surface area contributed by atoms with Crippen LogP contribution in [0.1, 0.15) is 13.3 Å². The van der Waals surface area contributed by atoms with Crippen LogP contribution in [0.3, 0.4) is 0 Å². The lowest BCUT2D eigenvalue weighted by Crippen LogP contribution is -2.39. The van der Waals surface area contributed by atoms with Crippen molar-refractivity contribution in [2.24, 2.45) is 0 Å². The van der Waals surface area contributed by atoms with E-state index in [1.807, 2.05) is 0 Å². The van der Waals surface area contributed by atoms with Crippen molar-refractivity contribution in [2.75, 3.05) is 20.8 Å². The number of carboxylic acids is 1. The summed E-state index contributed by atoms with van der Waals surface area (Å²) in [4.78, 5) is 21.6. The highest BCUT2D eigenvalue weighted by Gasteiger charge is 2.16. The Hall–Kier alpha value is -1.14. The monoisotopic (exact) mass is 219 g/mol. The number of aliphatic carboxylic acids is 1. The van der Waals surface area contributed by atoms with Gasteiger partial charge in [0.15, 0.2) is 0 Å². The number of carbonyl (C=O) groups is 2. The highest BCUT2D eigenvalue weighted by Crippen LogP contribution is 1.96. The molecule has 2 N–H and O–H groups in total. The molecule has 0 heterocycles. The van der Waals surface area contributed by atoms with Gasteiger partial charge in [-0.15, -0.1) is 0 Å². The first-order valence-corrected chi connectivity index (χ1v) is 4.56. The molecule has 2 unspecified atom stereocenters. The summed E-state index contributed by atoms with van der Waals surface area (Å²) in [5.41, 5.74) is 0. The maximum atomic E-state index is 11.2. The fourth-order valence-electron chi connectivity index (χ4n) is 0.899. The number of methoxy groups -OCH3 is 2. The average molecular weight is 219 g/mol. The van der Waals surface area contributed by atoms with Crippen LogP contribution in [0.2, 0.25) is 0 Å². The lowest BCUT2D eigenvalue weighted by molar-refractivity contribution is -0.140. The van der Waals surface area contributed by atoms with Gasteiger partial charge >= 0.3 is 5.97 Å². The maximum absolute atomic E-state index is 11.2. The van der Waals surface area contributed by atoms with E-state index in [4.69, 9.17) is 14.6 Å². The summed E-state index contributed by atoms with van der Waals surface area (Å²) in [7, 11) is 2.83. The number of hydrogen-bond acceptors (Lipinski definition) is 4. The Bertz CT molecular complexity index is 219. The zero-order valence-electron chi connectivity index (χ0n) is 9.15. The predicted octanol–water partition coefficient (Wildman–Crippen LogP) is -0.373. The van der Waals surface area contributed by atoms with Crippen molar-refractivity contribution in [3.8, 4) is 0 Å². The Kier molecular flexibility index (Phi) is 6.64. The minimum atomic E-state index is -0.962. The molecule has 6 nitrogen and oxygen atoms in total. The molecule has 0 aromatic carbocycles. The average Bonchev–Trinajstić information content (AvgIpc) is 2.21. The van der Waals surface area contributed by atoms with E-state index in [0.717, 1.165) is 0 Å². The fourth-order valence-corrected chi connectivity index (χ4v) is 0.899. The van der Waals surface area contributed by atoms with Gasteiger partial charge in [0.2, 0.25) is 5.91 Å². The van der Waals surface area contributed by atoms with E-state index >= 15 is 0 Å². The molecule has 0 bridgehead atoms. The number of carboxylic acid groups (broad SMARTS) is 1. The van der Waals surface area contributed by atoms with Crippen molar-refractivity contribution in [1.82, 2.24) is 5.32 Å². The van der Waals surface area contributed by atoms with Gasteiger partial charge in [-0.1, -0.05) is 0 Å². The number of amides is 1. The molecule has 0 aliphatic heterocycles. The van der Waals surface area contributed by atoms with Gasteiger partial charge in [-0.25, -0.2) is 0 Å². The minimum Gasteiger partial charge on any atom is -0.481 e. The summed E-state index contributed by atoms with van der Waals surface area (Å²) >= 11 is 0. The molecule has 88 valence electrons. The Morgan fingerprint density at radius 2 is 1.93 bits per heavy atom. The van der Waals surface area contributed by atoms with E-state index < -0.39 is 18.2 Å². The molecule has 15 heavy (non-hydrogen) atoms. The fraction of sp³-hybridized carbons (Fsp3) is 0.778. The molecule has 0 fully saturated rings. The highest BCUT2D eigenvalue weighted by molar-refractivity contribution is 5.80. The minimum absolute atomic E-state index is 0.141. The highest BCUT2D eigenvalue weighted by atomic mass is 16.5. The molecule has 0 saturated carbocycles. The van der Waals surface area contributed by atoms with Gasteiger partial charge in [0.25, 0.3) is 0 Å². The molecule has 0 aromatic rings. The van der Waals surface area contributed by atoms with Crippen LogP contribution in [0.25, 0.3) is 0 Å². The van der Waals surface area contributed by atoms with Gasteiger partial charge < -0.3 is 19.9 Å². The van der Waals surface area contributed by atoms with Crippen LogP contribution in [-0.4, -0.2) is 50.0 Å². The predicted molar refractivity (Wildman–Crippen MR) is 52.5 cm³/mol. The third-order valence-corrected chi connectivity index (χ3v) is 1.96. The van der Waals surface area contributed by atoms with Crippen LogP contribution in [0.15, 0.2) is 0 Å². The second-order valence-corrected chi connectivity index (χ2v) is 3.08. The number of nitrogens with one attached hydrogen (secondary N) is 1. The van der Waals surface area contributed by atoms with Gasteiger partial charge in [0.05, 0.1) is 12.5 Å². The summed E-state index contributed by atoms with van der Waals surface area (Å²) in [5.74, 6) is -1.25. The first-order chi connectivity index (χ1) is 7.01. The van der Waals surface area contributed by atoms with Gasteiger partial charge in [-0.2, -0.15) is 0 Å². The molecule has 1 amide bonds. The molecule has 0 rings (SSSR count). The van der Waals surface area contributed by atoms with Crippen molar-refractivity contribution in [2.45, 2.75) is 25.6 Å². The summed E-state index contributed by atoms with van der Waals surface area (Å²) in [6.45, 7) is 1.77. The number of carbonyl (C=O) groups excluding carboxylic acids is 1. The molecule has 0 aliphatic carbocycles. The van der Waals surface area contributed by atoms with Crippen LogP contribution in [0.5, 0.6) is 0 Å². The molecule has 0 spiro atoms. The second-order valence-electron chi connectivity index (χ2n) is 3.08. The third kappa shape index (κ3) is 6.03. The summed E-state index contributed by atoms with van der Waals surface area (Å²) in [6.07, 6.45) is -1.21. The van der Waals surface area contributed by atoms with E-state index in [-0.39, 0.29) is 18.9 Å². The standard InChI is InChI=1S/C9H17NO5/c1-6(14-2)9(13)10-5-7(15-3)4-8(11)12/h6-7H,4-5H2,1-3H3,(H,10,13)(H,11,12). The summed E-state index contributed by atoms with van der Waals surface area (Å²) < 4.78 is 9.68. The zero-order chi connectivity index (χ0) is 11.8. The van der Waals surface area contributed by atoms with Crippen LogP contribution < -0.4 is 5.32 Å². The molecule has 0 aromatic heterocycles. The molecule has 6 heteroatoms. The van der Waals surface area contributed by atoms with Gasteiger partial charge in [0, 0.05) is 20.8 Å². The van der Waals surface area contributed by atoms with Crippen LogP contribution in [0, 0.1) is 0 Å². The van der Waals surface area contributed by atoms with E-state index in [0.29, 0.717) is 0 Å². The second kappa shape index (κ2) is 7.19. The largest absolute Gasteiger partial charge is 0.481 e. The molecule has 0 saturated heterocycles. The Balaban J connectivity index is 3.89. The Labute approximate surface area is 88.6 Å². The smallest absolute Gasteiger partial charge is 0.306 e. The lowest BCUT2D eigenvalue weighted by atomic mass is 10.2. The SMILES string of the molecule is COC(CNC(=O)C(C)OC)CC(=O)O. The molecule has 0 aliphatic rings. The molecule has 0 radical (unpaired) electrons. The first kappa shape index (κ1) is 13.9. The van der Waals surface area contributed by atoms with Crippen molar-refractivity contribution in [3.63, 3.8) is 0 Å².